The smallest absolute Gasteiger partial charge is 0.305 e. The van der Waals surface area contributed by atoms with Crippen LogP contribution in [-0.2, 0) is 9.53 Å². The monoisotopic (exact) mass is 293 g/mol. The summed E-state index contributed by atoms with van der Waals surface area (Å²) in [5.41, 5.74) is 0.451. The lowest BCUT2D eigenvalue weighted by Crippen LogP contribution is -2.03. The van der Waals surface area contributed by atoms with Crippen molar-refractivity contribution in [2.24, 2.45) is 0 Å². The van der Waals surface area contributed by atoms with E-state index in [0.29, 0.717) is 37.9 Å². The summed E-state index contributed by atoms with van der Waals surface area (Å²) in [5, 5.41) is 10.5. The third kappa shape index (κ3) is 6.16. The predicted octanol–water partition coefficient (Wildman–Crippen LogP) is 3.29. The standard InChI is InChI=1S/C15H19NO5/c1-2-21-15(18)7-5-3-4-6-14(17)12-8-10-13(11-9-12)16(19)20/h8-11H,2-7H2,1H3. The number of ether oxygens (including phenoxy) is 1. The summed E-state index contributed by atoms with van der Waals surface area (Å²) in [4.78, 5) is 33.0. The van der Waals surface area contributed by atoms with Gasteiger partial charge >= 0.3 is 5.97 Å². The van der Waals surface area contributed by atoms with Crippen LogP contribution >= 0.6 is 0 Å². The molecule has 0 radical (unpaired) electrons. The summed E-state index contributed by atoms with van der Waals surface area (Å²) in [7, 11) is 0. The van der Waals surface area contributed by atoms with Gasteiger partial charge in [0.05, 0.1) is 11.5 Å². The van der Waals surface area contributed by atoms with E-state index in [1.807, 2.05) is 0 Å². The first-order valence-electron chi connectivity index (χ1n) is 6.98. The van der Waals surface area contributed by atoms with Crippen molar-refractivity contribution >= 4 is 17.4 Å². The van der Waals surface area contributed by atoms with Crippen molar-refractivity contribution < 1.29 is 19.2 Å². The highest BCUT2D eigenvalue weighted by Crippen LogP contribution is 2.14. The molecule has 1 aromatic rings. The van der Waals surface area contributed by atoms with Gasteiger partial charge in [-0.05, 0) is 31.9 Å². The van der Waals surface area contributed by atoms with Gasteiger partial charge in [-0.2, -0.15) is 0 Å². The van der Waals surface area contributed by atoms with Crippen molar-refractivity contribution in [3.05, 3.63) is 39.9 Å². The molecule has 0 aliphatic heterocycles. The van der Waals surface area contributed by atoms with E-state index in [2.05, 4.69) is 0 Å². The van der Waals surface area contributed by atoms with E-state index >= 15 is 0 Å². The van der Waals surface area contributed by atoms with E-state index in [9.17, 15) is 19.7 Å². The van der Waals surface area contributed by atoms with Gasteiger partial charge in [-0.1, -0.05) is 6.42 Å². The highest BCUT2D eigenvalue weighted by molar-refractivity contribution is 5.96. The molecule has 1 rings (SSSR count). The molecule has 6 heteroatoms. The minimum absolute atomic E-state index is 0.0269. The van der Waals surface area contributed by atoms with Gasteiger partial charge < -0.3 is 4.74 Å². The van der Waals surface area contributed by atoms with E-state index in [0.717, 1.165) is 6.42 Å². The Kier molecular flexibility index (Phi) is 7.08. The molecule has 0 amide bonds. The molecule has 0 unspecified atom stereocenters. The van der Waals surface area contributed by atoms with Crippen molar-refractivity contribution in [2.45, 2.75) is 39.0 Å². The summed E-state index contributed by atoms with van der Waals surface area (Å²) in [5.74, 6) is -0.250. The second-order valence-corrected chi connectivity index (χ2v) is 4.59. The van der Waals surface area contributed by atoms with E-state index in [4.69, 9.17) is 4.74 Å². The molecule has 0 aliphatic carbocycles. The number of nitrogens with zero attached hydrogens (tertiary/aromatic N) is 1. The number of esters is 1. The molecule has 114 valence electrons. The van der Waals surface area contributed by atoms with Gasteiger partial charge in [0, 0.05) is 30.5 Å². The molecule has 0 saturated heterocycles. The maximum absolute atomic E-state index is 11.9. The number of Topliss-reactive ketones (excluding diaryl/α,β-unsaturated/α-hetero) is 1. The van der Waals surface area contributed by atoms with Crippen LogP contribution in [0.4, 0.5) is 5.69 Å². The van der Waals surface area contributed by atoms with Crippen LogP contribution in [0.15, 0.2) is 24.3 Å². The Labute approximate surface area is 123 Å². The molecule has 0 aromatic heterocycles. The number of nitro groups is 1. The predicted molar refractivity (Wildman–Crippen MR) is 77.1 cm³/mol. The van der Waals surface area contributed by atoms with Gasteiger partial charge in [0.25, 0.3) is 5.69 Å². The molecule has 0 heterocycles. The molecule has 0 saturated carbocycles. The molecule has 0 bridgehead atoms. The van der Waals surface area contributed by atoms with Gasteiger partial charge in [0.1, 0.15) is 0 Å². The minimum atomic E-state index is -0.496. The topological polar surface area (TPSA) is 86.5 Å². The van der Waals surface area contributed by atoms with Gasteiger partial charge in [-0.3, -0.25) is 19.7 Å². The molecule has 0 atom stereocenters. The highest BCUT2D eigenvalue weighted by Gasteiger charge is 2.09. The van der Waals surface area contributed by atoms with Gasteiger partial charge in [0.2, 0.25) is 0 Å². The number of hydrogen-bond acceptors (Lipinski definition) is 5. The van der Waals surface area contributed by atoms with Crippen LogP contribution < -0.4 is 0 Å². The first kappa shape index (κ1) is 16.8. The summed E-state index contributed by atoms with van der Waals surface area (Å²) >= 11 is 0. The van der Waals surface area contributed by atoms with Gasteiger partial charge in [-0.15, -0.1) is 0 Å². The van der Waals surface area contributed by atoms with E-state index < -0.39 is 4.92 Å². The fraction of sp³-hybridized carbons (Fsp3) is 0.467. The summed E-state index contributed by atoms with van der Waals surface area (Å²) < 4.78 is 4.81. The number of benzene rings is 1. The maximum atomic E-state index is 11.9. The minimum Gasteiger partial charge on any atom is -0.466 e. The lowest BCUT2D eigenvalue weighted by molar-refractivity contribution is -0.384. The fourth-order valence-corrected chi connectivity index (χ4v) is 1.88. The maximum Gasteiger partial charge on any atom is 0.305 e. The van der Waals surface area contributed by atoms with Gasteiger partial charge in [-0.25, -0.2) is 0 Å². The zero-order chi connectivity index (χ0) is 15.7. The lowest BCUT2D eigenvalue weighted by atomic mass is 10.0. The SMILES string of the molecule is CCOC(=O)CCCCCC(=O)c1ccc([N+](=O)[O-])cc1. The number of carbonyl (C=O) groups excluding carboxylic acids is 2. The zero-order valence-electron chi connectivity index (χ0n) is 12.0. The van der Waals surface area contributed by atoms with E-state index in [-0.39, 0.29) is 17.4 Å². The summed E-state index contributed by atoms with van der Waals surface area (Å²) in [6.07, 6.45) is 2.92. The molecule has 0 aliphatic rings. The van der Waals surface area contributed by atoms with Crippen molar-refractivity contribution in [3.63, 3.8) is 0 Å². The fourth-order valence-electron chi connectivity index (χ4n) is 1.88. The number of carbonyl (C=O) groups is 2. The Morgan fingerprint density at radius 1 is 1.10 bits per heavy atom. The molecule has 0 spiro atoms. The first-order chi connectivity index (χ1) is 10.0. The van der Waals surface area contributed by atoms with E-state index in [1.54, 1.807) is 6.92 Å². The number of ketones is 1. The van der Waals surface area contributed by atoms with Crippen molar-refractivity contribution in [3.8, 4) is 0 Å². The average molecular weight is 293 g/mol. The summed E-state index contributed by atoms with van der Waals surface area (Å²) in [6.45, 7) is 2.15. The molecule has 0 N–H and O–H groups in total. The Morgan fingerprint density at radius 2 is 1.71 bits per heavy atom. The number of non-ortho nitro benzene ring substituents is 1. The molecular formula is C15H19NO5. The van der Waals surface area contributed by atoms with E-state index in [1.165, 1.54) is 24.3 Å². The number of nitro benzene ring substituents is 1. The molecule has 6 nitrogen and oxygen atoms in total. The highest BCUT2D eigenvalue weighted by atomic mass is 16.6. The molecular weight excluding hydrogens is 274 g/mol. The van der Waals surface area contributed by atoms with Crippen LogP contribution in [0, 0.1) is 10.1 Å². The number of rotatable bonds is 9. The quantitative estimate of drug-likeness (QED) is 0.229. The molecule has 1 aromatic carbocycles. The largest absolute Gasteiger partial charge is 0.466 e. The molecule has 0 fully saturated rings. The number of unbranched alkanes of at least 4 members (excludes halogenated alkanes) is 2. The zero-order valence-corrected chi connectivity index (χ0v) is 12.0. The second-order valence-electron chi connectivity index (χ2n) is 4.59. The number of hydrogen-bond donors (Lipinski definition) is 0. The Bertz CT molecular complexity index is 495. The van der Waals surface area contributed by atoms with Crippen molar-refractivity contribution in [2.75, 3.05) is 6.61 Å². The Morgan fingerprint density at radius 3 is 2.29 bits per heavy atom. The Balaban J connectivity index is 2.27. The van der Waals surface area contributed by atoms with Crippen LogP contribution in [0.5, 0.6) is 0 Å². The second kappa shape index (κ2) is 8.84. The Hall–Kier alpha value is -2.24. The van der Waals surface area contributed by atoms with Crippen LogP contribution in [0.2, 0.25) is 0 Å². The summed E-state index contributed by atoms with van der Waals surface area (Å²) in [6, 6.07) is 5.60. The first-order valence-corrected chi connectivity index (χ1v) is 6.98. The van der Waals surface area contributed by atoms with Crippen LogP contribution in [-0.4, -0.2) is 23.3 Å². The van der Waals surface area contributed by atoms with Gasteiger partial charge in [0.15, 0.2) is 5.78 Å². The average Bonchev–Trinajstić information content (AvgIpc) is 2.47. The molecule has 21 heavy (non-hydrogen) atoms. The van der Waals surface area contributed by atoms with Crippen LogP contribution in [0.1, 0.15) is 49.4 Å². The van der Waals surface area contributed by atoms with Crippen LogP contribution in [0.3, 0.4) is 0 Å². The van der Waals surface area contributed by atoms with Crippen LogP contribution in [0.25, 0.3) is 0 Å². The third-order valence-electron chi connectivity index (χ3n) is 2.99. The lowest BCUT2D eigenvalue weighted by Gasteiger charge is -2.02. The van der Waals surface area contributed by atoms with Crippen molar-refractivity contribution in [1.82, 2.24) is 0 Å². The normalized spacial score (nSPS) is 10.1. The van der Waals surface area contributed by atoms with Crippen molar-refractivity contribution in [1.29, 1.82) is 0 Å². The third-order valence-corrected chi connectivity index (χ3v) is 2.99.